The predicted molar refractivity (Wildman–Crippen MR) is 64.8 cm³/mol. The van der Waals surface area contributed by atoms with E-state index in [9.17, 15) is 9.59 Å². The van der Waals surface area contributed by atoms with Crippen LogP contribution in [0, 0.1) is 11.8 Å². The molecule has 0 saturated heterocycles. The van der Waals surface area contributed by atoms with Gasteiger partial charge in [-0.05, 0) is 31.1 Å². The Hall–Kier alpha value is -1.26. The Labute approximate surface area is 102 Å². The Morgan fingerprint density at radius 3 is 2.59 bits per heavy atom. The lowest BCUT2D eigenvalue weighted by Crippen LogP contribution is -2.46. The molecule has 0 aromatic heterocycles. The lowest BCUT2D eigenvalue weighted by atomic mass is 10.1. The van der Waals surface area contributed by atoms with Gasteiger partial charge in [-0.15, -0.1) is 0 Å². The highest BCUT2D eigenvalue weighted by Gasteiger charge is 2.22. The summed E-state index contributed by atoms with van der Waals surface area (Å²) < 4.78 is 0. The van der Waals surface area contributed by atoms with Crippen molar-refractivity contribution in [1.29, 1.82) is 0 Å². The summed E-state index contributed by atoms with van der Waals surface area (Å²) in [6, 6.07) is -1.17. The number of rotatable bonds is 5. The van der Waals surface area contributed by atoms with Gasteiger partial charge in [0.1, 0.15) is 6.04 Å². The van der Waals surface area contributed by atoms with Gasteiger partial charge in [0.05, 0.1) is 0 Å². The van der Waals surface area contributed by atoms with E-state index in [1.165, 1.54) is 6.42 Å². The van der Waals surface area contributed by atoms with Crippen LogP contribution in [-0.4, -0.2) is 29.7 Å². The van der Waals surface area contributed by atoms with Crippen molar-refractivity contribution < 1.29 is 14.7 Å². The van der Waals surface area contributed by atoms with Gasteiger partial charge in [0.15, 0.2) is 0 Å². The maximum atomic E-state index is 11.5. The summed E-state index contributed by atoms with van der Waals surface area (Å²) in [5.41, 5.74) is 0. The lowest BCUT2D eigenvalue weighted by Gasteiger charge is -2.15. The van der Waals surface area contributed by atoms with Crippen molar-refractivity contribution in [1.82, 2.24) is 10.6 Å². The number of aliphatic carboxylic acids is 1. The Kier molecular flexibility index (Phi) is 5.25. The first-order valence-corrected chi connectivity index (χ1v) is 6.30. The van der Waals surface area contributed by atoms with Crippen molar-refractivity contribution >= 4 is 12.0 Å². The topological polar surface area (TPSA) is 78.4 Å². The molecule has 0 heterocycles. The third-order valence-electron chi connectivity index (χ3n) is 3.37. The number of hydrogen-bond acceptors (Lipinski definition) is 2. The fourth-order valence-electron chi connectivity index (χ4n) is 2.30. The molecule has 0 bridgehead atoms. The van der Waals surface area contributed by atoms with Gasteiger partial charge >= 0.3 is 12.0 Å². The summed E-state index contributed by atoms with van der Waals surface area (Å²) >= 11 is 0. The Balaban J connectivity index is 2.23. The molecule has 1 aliphatic carbocycles. The molecule has 0 aliphatic heterocycles. The quantitative estimate of drug-likeness (QED) is 0.685. The van der Waals surface area contributed by atoms with Crippen LogP contribution in [0.3, 0.4) is 0 Å². The number of amides is 2. The van der Waals surface area contributed by atoms with Crippen LogP contribution in [0.15, 0.2) is 0 Å². The van der Waals surface area contributed by atoms with E-state index in [0.29, 0.717) is 18.9 Å². The number of carbonyl (C=O) groups is 2. The van der Waals surface area contributed by atoms with Crippen LogP contribution in [0.4, 0.5) is 4.79 Å². The van der Waals surface area contributed by atoms with Crippen LogP contribution in [0.2, 0.25) is 0 Å². The molecule has 1 fully saturated rings. The number of hydrogen-bond donors (Lipinski definition) is 3. The zero-order valence-corrected chi connectivity index (χ0v) is 10.5. The van der Waals surface area contributed by atoms with Crippen LogP contribution in [0.5, 0.6) is 0 Å². The molecular formula is C12H22N2O3. The Morgan fingerprint density at radius 1 is 1.41 bits per heavy atom. The van der Waals surface area contributed by atoms with Crippen molar-refractivity contribution in [2.75, 3.05) is 6.54 Å². The average molecular weight is 242 g/mol. The molecule has 98 valence electrons. The third-order valence-corrected chi connectivity index (χ3v) is 3.37. The fourth-order valence-corrected chi connectivity index (χ4v) is 2.30. The summed E-state index contributed by atoms with van der Waals surface area (Å²) in [7, 11) is 0. The summed E-state index contributed by atoms with van der Waals surface area (Å²) in [6.45, 7) is 4.60. The number of carboxylic acids is 1. The Bertz CT molecular complexity index is 281. The molecule has 1 rings (SSSR count). The van der Waals surface area contributed by atoms with Crippen molar-refractivity contribution in [3.05, 3.63) is 0 Å². The first-order chi connectivity index (χ1) is 8.02. The minimum Gasteiger partial charge on any atom is -0.480 e. The molecule has 17 heavy (non-hydrogen) atoms. The van der Waals surface area contributed by atoms with E-state index in [0.717, 1.165) is 18.8 Å². The van der Waals surface area contributed by atoms with Crippen LogP contribution >= 0.6 is 0 Å². The monoisotopic (exact) mass is 242 g/mol. The fraction of sp³-hybridized carbons (Fsp3) is 0.833. The zero-order valence-electron chi connectivity index (χ0n) is 10.5. The molecule has 5 heteroatoms. The highest BCUT2D eigenvalue weighted by atomic mass is 16.4. The first kappa shape index (κ1) is 13.8. The molecule has 5 nitrogen and oxygen atoms in total. The summed E-state index contributed by atoms with van der Waals surface area (Å²) in [5, 5.41) is 14.0. The van der Waals surface area contributed by atoms with Gasteiger partial charge in [0.25, 0.3) is 0 Å². The van der Waals surface area contributed by atoms with E-state index in [1.54, 1.807) is 6.92 Å². The van der Waals surface area contributed by atoms with E-state index in [1.807, 2.05) is 0 Å². The van der Waals surface area contributed by atoms with Gasteiger partial charge in [0.2, 0.25) is 0 Å². The molecule has 2 amide bonds. The van der Waals surface area contributed by atoms with E-state index in [4.69, 9.17) is 5.11 Å². The van der Waals surface area contributed by atoms with Gasteiger partial charge in [-0.3, -0.25) is 0 Å². The number of nitrogens with one attached hydrogen (secondary N) is 2. The van der Waals surface area contributed by atoms with Gasteiger partial charge in [-0.1, -0.05) is 20.3 Å². The van der Waals surface area contributed by atoms with Gasteiger partial charge in [-0.25, -0.2) is 9.59 Å². The highest BCUT2D eigenvalue weighted by Crippen LogP contribution is 2.29. The maximum Gasteiger partial charge on any atom is 0.326 e. The SMILES string of the molecule is CCC(NC(=O)NCC1CCC(C)C1)C(=O)O. The first-order valence-electron chi connectivity index (χ1n) is 6.30. The Morgan fingerprint density at radius 2 is 2.12 bits per heavy atom. The van der Waals surface area contributed by atoms with Gasteiger partial charge < -0.3 is 15.7 Å². The molecule has 3 unspecified atom stereocenters. The second-order valence-electron chi connectivity index (χ2n) is 4.94. The second-order valence-corrected chi connectivity index (χ2v) is 4.94. The molecule has 0 spiro atoms. The molecule has 0 radical (unpaired) electrons. The predicted octanol–water partition coefficient (Wildman–Crippen LogP) is 1.58. The number of carboxylic acid groups (broad SMARTS) is 1. The molecule has 0 aromatic rings. The smallest absolute Gasteiger partial charge is 0.326 e. The highest BCUT2D eigenvalue weighted by molar-refractivity contribution is 5.82. The molecule has 3 atom stereocenters. The van der Waals surface area contributed by atoms with E-state index in [-0.39, 0.29) is 6.03 Å². The minimum absolute atomic E-state index is 0.376. The lowest BCUT2D eigenvalue weighted by molar-refractivity contribution is -0.139. The summed E-state index contributed by atoms with van der Waals surface area (Å²) in [5.74, 6) is 0.296. The molecule has 0 aromatic carbocycles. The van der Waals surface area contributed by atoms with E-state index in [2.05, 4.69) is 17.6 Å². The molecule has 3 N–H and O–H groups in total. The van der Waals surface area contributed by atoms with E-state index >= 15 is 0 Å². The largest absolute Gasteiger partial charge is 0.480 e. The molecular weight excluding hydrogens is 220 g/mol. The molecule has 1 aliphatic rings. The summed E-state index contributed by atoms with van der Waals surface area (Å²) in [4.78, 5) is 22.2. The van der Waals surface area contributed by atoms with Crippen molar-refractivity contribution in [2.24, 2.45) is 11.8 Å². The summed E-state index contributed by atoms with van der Waals surface area (Å²) in [6.07, 6.45) is 3.91. The third kappa shape index (κ3) is 4.63. The standard InChI is InChI=1S/C12H22N2O3/c1-3-10(11(15)16)14-12(17)13-7-9-5-4-8(2)6-9/h8-10H,3-7H2,1-2H3,(H,15,16)(H2,13,14,17). The minimum atomic E-state index is -0.989. The van der Waals surface area contributed by atoms with Gasteiger partial charge in [0, 0.05) is 6.54 Å². The van der Waals surface area contributed by atoms with Crippen molar-refractivity contribution in [2.45, 2.75) is 45.6 Å². The van der Waals surface area contributed by atoms with E-state index < -0.39 is 12.0 Å². The van der Waals surface area contributed by atoms with Crippen LogP contribution in [-0.2, 0) is 4.79 Å². The average Bonchev–Trinajstić information content (AvgIpc) is 2.68. The van der Waals surface area contributed by atoms with Gasteiger partial charge in [-0.2, -0.15) is 0 Å². The second kappa shape index (κ2) is 6.47. The normalized spacial score (nSPS) is 25.3. The van der Waals surface area contributed by atoms with Crippen LogP contribution in [0.25, 0.3) is 0 Å². The van der Waals surface area contributed by atoms with Crippen molar-refractivity contribution in [3.8, 4) is 0 Å². The van der Waals surface area contributed by atoms with Crippen LogP contribution < -0.4 is 10.6 Å². The maximum absolute atomic E-state index is 11.5. The number of urea groups is 1. The zero-order chi connectivity index (χ0) is 12.8. The van der Waals surface area contributed by atoms with Crippen LogP contribution in [0.1, 0.15) is 39.5 Å². The number of carbonyl (C=O) groups excluding carboxylic acids is 1. The molecule has 1 saturated carbocycles. The van der Waals surface area contributed by atoms with Crippen molar-refractivity contribution in [3.63, 3.8) is 0 Å².